The molecule has 0 fully saturated rings. The quantitative estimate of drug-likeness (QED) is 0.109. The number of carbonyl (C=O) groups is 1. The average molecular weight is 596 g/mol. The van der Waals surface area contributed by atoms with Crippen molar-refractivity contribution in [2.45, 2.75) is 65.6 Å². The van der Waals surface area contributed by atoms with Gasteiger partial charge in [-0.1, -0.05) is 32.6 Å². The second kappa shape index (κ2) is 21.9. The van der Waals surface area contributed by atoms with Gasteiger partial charge in [-0.25, -0.2) is 4.79 Å². The normalized spacial score (nSPS) is 15.8. The van der Waals surface area contributed by atoms with Gasteiger partial charge in [0.25, 0.3) is 0 Å². The van der Waals surface area contributed by atoms with Crippen LogP contribution in [0.3, 0.4) is 0 Å². The second-order valence-corrected chi connectivity index (χ2v) is 10.3. The Morgan fingerprint density at radius 3 is 2.10 bits per heavy atom. The summed E-state index contributed by atoms with van der Waals surface area (Å²) < 4.78 is 33.4. The van der Waals surface area contributed by atoms with Gasteiger partial charge < -0.3 is 38.4 Å². The zero-order valence-electron chi connectivity index (χ0n) is 26.5. The van der Waals surface area contributed by atoms with Crippen LogP contribution in [0.2, 0.25) is 0 Å². The van der Waals surface area contributed by atoms with Crippen LogP contribution in [0, 0.1) is 0 Å². The van der Waals surface area contributed by atoms with Crippen LogP contribution in [0.1, 0.15) is 53.9 Å². The summed E-state index contributed by atoms with van der Waals surface area (Å²) in [5.41, 5.74) is 1.08. The number of dihydropyridines is 1. The highest BCUT2D eigenvalue weighted by Gasteiger charge is 2.30. The van der Waals surface area contributed by atoms with Crippen molar-refractivity contribution < 1.29 is 38.3 Å². The molecule has 1 N–H and O–H groups in total. The monoisotopic (exact) mass is 595 g/mol. The minimum absolute atomic E-state index is 0.0114. The molecule has 0 aromatic rings. The third kappa shape index (κ3) is 15.5. The van der Waals surface area contributed by atoms with E-state index in [9.17, 15) is 4.79 Å². The number of amides is 1. The summed E-state index contributed by atoms with van der Waals surface area (Å²) in [6.07, 6.45) is 10.4. The van der Waals surface area contributed by atoms with Crippen LogP contribution in [0.15, 0.2) is 53.2 Å². The third-order valence-corrected chi connectivity index (χ3v) is 5.75. The fraction of sp³-hybridized carbons (Fsp3) is 0.677. The summed E-state index contributed by atoms with van der Waals surface area (Å²) in [7, 11) is 1.90. The molecular formula is C31H53N3O8. The van der Waals surface area contributed by atoms with Crippen LogP contribution in [0.4, 0.5) is 4.79 Å². The molecule has 0 saturated carbocycles. The van der Waals surface area contributed by atoms with Crippen molar-refractivity contribution >= 4 is 12.3 Å². The molecule has 0 spiro atoms. The first kappa shape index (κ1) is 37.3. The lowest BCUT2D eigenvalue weighted by Crippen LogP contribution is -2.40. The van der Waals surface area contributed by atoms with Gasteiger partial charge in [-0.3, -0.25) is 9.89 Å². The molecule has 1 aliphatic rings. The molecule has 240 valence electrons. The van der Waals surface area contributed by atoms with Crippen LogP contribution in [0.25, 0.3) is 0 Å². The molecular weight excluding hydrogens is 542 g/mol. The minimum Gasteiger partial charge on any atom is -0.477 e. The number of ether oxygens (including phenoxy) is 6. The molecule has 0 bridgehead atoms. The summed E-state index contributed by atoms with van der Waals surface area (Å²) in [5.74, 6) is 0.594. The van der Waals surface area contributed by atoms with Crippen molar-refractivity contribution in [3.63, 3.8) is 0 Å². The smallest absolute Gasteiger partial charge is 0.418 e. The van der Waals surface area contributed by atoms with E-state index in [2.05, 4.69) is 17.6 Å². The Morgan fingerprint density at radius 2 is 1.60 bits per heavy atom. The number of nitrogens with zero attached hydrogens (tertiary/aromatic N) is 3. The van der Waals surface area contributed by atoms with E-state index in [1.165, 1.54) is 0 Å². The lowest BCUT2D eigenvalue weighted by Gasteiger charge is -2.35. The van der Waals surface area contributed by atoms with Gasteiger partial charge in [-0.15, -0.1) is 0 Å². The standard InChI is InChI=1S/C31H53N3O8/c1-8-11-26(10-3)34(30(36)42-31(4,5)6)27-13-14-32-28(25-27)33(7)29(12-9-2)41-24-23-40-22-21-39-20-19-38-18-17-37-16-15-35/h9,11-14,28,35H,2,8,10,15-25H2,1,3-7H3/b26-11+,29-12+. The van der Waals surface area contributed by atoms with E-state index in [0.29, 0.717) is 78.2 Å². The number of hydrogen-bond donors (Lipinski definition) is 1. The number of hydrogen-bond acceptors (Lipinski definition) is 10. The fourth-order valence-electron chi connectivity index (χ4n) is 3.84. The molecule has 1 amide bonds. The lowest BCUT2D eigenvalue weighted by molar-refractivity contribution is -0.0130. The van der Waals surface area contributed by atoms with Crippen LogP contribution >= 0.6 is 0 Å². The third-order valence-electron chi connectivity index (χ3n) is 5.75. The summed E-state index contributed by atoms with van der Waals surface area (Å²) in [5, 5.41) is 8.64. The van der Waals surface area contributed by atoms with Gasteiger partial charge in [0, 0.05) is 31.1 Å². The number of aliphatic hydroxyl groups is 1. The molecule has 11 heteroatoms. The van der Waals surface area contributed by atoms with E-state index < -0.39 is 11.7 Å². The maximum absolute atomic E-state index is 13.3. The van der Waals surface area contributed by atoms with Crippen molar-refractivity contribution in [3.8, 4) is 0 Å². The van der Waals surface area contributed by atoms with Crippen LogP contribution in [-0.4, -0.2) is 112 Å². The van der Waals surface area contributed by atoms with Crippen LogP contribution < -0.4 is 0 Å². The molecule has 0 saturated heterocycles. The lowest BCUT2D eigenvalue weighted by atomic mass is 10.1. The van der Waals surface area contributed by atoms with Crippen molar-refractivity contribution in [2.75, 3.05) is 73.1 Å². The number of aliphatic hydroxyl groups excluding tert-OH is 1. The highest BCUT2D eigenvalue weighted by atomic mass is 16.6. The average Bonchev–Trinajstić information content (AvgIpc) is 2.95. The molecule has 1 unspecified atom stereocenters. The Kier molecular flexibility index (Phi) is 19.5. The van der Waals surface area contributed by atoms with E-state index in [4.69, 9.17) is 33.5 Å². The van der Waals surface area contributed by atoms with Crippen molar-refractivity contribution in [3.05, 3.63) is 48.2 Å². The number of aliphatic imine (C=N–C) groups is 1. The van der Waals surface area contributed by atoms with E-state index in [1.807, 2.05) is 52.6 Å². The van der Waals surface area contributed by atoms with Crippen molar-refractivity contribution in [2.24, 2.45) is 4.99 Å². The molecule has 42 heavy (non-hydrogen) atoms. The van der Waals surface area contributed by atoms with Gasteiger partial charge in [0.15, 0.2) is 5.88 Å². The summed E-state index contributed by atoms with van der Waals surface area (Å²) in [6, 6.07) is 0. The predicted molar refractivity (Wildman–Crippen MR) is 164 cm³/mol. The molecule has 0 radical (unpaired) electrons. The fourth-order valence-corrected chi connectivity index (χ4v) is 3.84. The van der Waals surface area contributed by atoms with Crippen molar-refractivity contribution in [1.29, 1.82) is 0 Å². The second-order valence-electron chi connectivity index (χ2n) is 10.3. The molecule has 1 heterocycles. The SMILES string of the molecule is C=C/C=C(/OCCOCCOCCOCCOCCO)N(C)C1CC(N(C(=O)OC(C)(C)C)/C(=C/CC)CC)=CC=N1. The topological polar surface area (TPSA) is 112 Å². The highest BCUT2D eigenvalue weighted by Crippen LogP contribution is 2.28. The first-order valence-corrected chi connectivity index (χ1v) is 14.7. The molecule has 0 aromatic carbocycles. The number of rotatable bonds is 22. The Morgan fingerprint density at radius 1 is 1.02 bits per heavy atom. The van der Waals surface area contributed by atoms with Gasteiger partial charge in [-0.2, -0.15) is 0 Å². The van der Waals surface area contributed by atoms with E-state index >= 15 is 0 Å². The zero-order chi connectivity index (χ0) is 31.2. The first-order chi connectivity index (χ1) is 20.2. The molecule has 0 aromatic heterocycles. The molecule has 1 rings (SSSR count). The van der Waals surface area contributed by atoms with E-state index in [0.717, 1.165) is 17.8 Å². The minimum atomic E-state index is -0.618. The Labute approximate surface area is 252 Å². The zero-order valence-corrected chi connectivity index (χ0v) is 26.5. The summed E-state index contributed by atoms with van der Waals surface area (Å²) in [4.78, 5) is 21.5. The summed E-state index contributed by atoms with van der Waals surface area (Å²) >= 11 is 0. The van der Waals surface area contributed by atoms with Crippen LogP contribution in [-0.2, 0) is 28.4 Å². The highest BCUT2D eigenvalue weighted by molar-refractivity contribution is 5.78. The Bertz CT molecular complexity index is 895. The maximum Gasteiger partial charge on any atom is 0.418 e. The summed E-state index contributed by atoms with van der Waals surface area (Å²) in [6.45, 7) is 17.3. The Hall–Kier alpha value is -2.70. The largest absolute Gasteiger partial charge is 0.477 e. The molecule has 11 nitrogen and oxygen atoms in total. The Balaban J connectivity index is 2.58. The van der Waals surface area contributed by atoms with Crippen LogP contribution in [0.5, 0.6) is 0 Å². The van der Waals surface area contributed by atoms with Gasteiger partial charge in [0.2, 0.25) is 0 Å². The predicted octanol–water partition coefficient (Wildman–Crippen LogP) is 4.65. The van der Waals surface area contributed by atoms with Gasteiger partial charge >= 0.3 is 6.09 Å². The van der Waals surface area contributed by atoms with E-state index in [-0.39, 0.29) is 12.8 Å². The first-order valence-electron chi connectivity index (χ1n) is 14.7. The molecule has 1 atom stereocenters. The van der Waals surface area contributed by atoms with E-state index in [1.54, 1.807) is 23.3 Å². The molecule has 0 aliphatic carbocycles. The number of carbonyl (C=O) groups excluding carboxylic acids is 1. The number of allylic oxidation sites excluding steroid dienone is 5. The van der Waals surface area contributed by atoms with Gasteiger partial charge in [-0.05, 0) is 45.8 Å². The van der Waals surface area contributed by atoms with Crippen molar-refractivity contribution in [1.82, 2.24) is 9.80 Å². The maximum atomic E-state index is 13.3. The van der Waals surface area contributed by atoms with Gasteiger partial charge in [0.1, 0.15) is 18.4 Å². The molecule has 1 aliphatic heterocycles. The van der Waals surface area contributed by atoms with Gasteiger partial charge in [0.05, 0.1) is 59.5 Å².